The second kappa shape index (κ2) is 13.6. The minimum Gasteiger partial charge on any atom is -0.355 e. The molecule has 13 heteroatoms. The van der Waals surface area contributed by atoms with Gasteiger partial charge in [-0.1, -0.05) is 60.4 Å². The van der Waals surface area contributed by atoms with Crippen LogP contribution in [0.15, 0.2) is 41.5 Å². The zero-order valence-corrected chi connectivity index (χ0v) is 26.6. The molecule has 2 aliphatic heterocycles. The van der Waals surface area contributed by atoms with Gasteiger partial charge in [0.25, 0.3) is 0 Å². The highest BCUT2D eigenvalue weighted by atomic mass is 35.5. The van der Waals surface area contributed by atoms with Crippen LogP contribution in [0, 0.1) is 28.4 Å². The third kappa shape index (κ3) is 7.28. The van der Waals surface area contributed by atoms with Crippen molar-refractivity contribution in [2.24, 2.45) is 10.5 Å². The van der Waals surface area contributed by atoms with Gasteiger partial charge in [0.1, 0.15) is 17.0 Å². The molecule has 236 valence electrons. The van der Waals surface area contributed by atoms with Gasteiger partial charge in [0.15, 0.2) is 5.79 Å². The van der Waals surface area contributed by atoms with Crippen molar-refractivity contribution in [1.82, 2.24) is 10.2 Å². The van der Waals surface area contributed by atoms with E-state index in [1.54, 1.807) is 11.0 Å². The highest BCUT2D eigenvalue weighted by Crippen LogP contribution is 2.51. The number of carbonyl (C=O) groups is 1. The molecule has 2 aromatic rings. The Kier molecular flexibility index (Phi) is 10.5. The monoisotopic (exact) mass is 648 g/mol. The highest BCUT2D eigenvalue weighted by Gasteiger charge is 2.59. The summed E-state index contributed by atoms with van der Waals surface area (Å²) >= 11 is 12.3. The van der Waals surface area contributed by atoms with Crippen LogP contribution in [0.25, 0.3) is 10.4 Å². The van der Waals surface area contributed by atoms with Crippen LogP contribution < -0.4 is 5.32 Å². The molecular weight excluding hydrogens is 613 g/mol. The van der Waals surface area contributed by atoms with Crippen LogP contribution >= 0.6 is 23.2 Å². The summed E-state index contributed by atoms with van der Waals surface area (Å²) in [6, 6.07) is 9.60. The molecule has 3 unspecified atom stereocenters. The molecule has 2 fully saturated rings. The minimum atomic E-state index is -1.70. The smallest absolute Gasteiger partial charge is 0.238 e. The molecule has 0 spiro atoms. The fraction of sp³-hybridized carbons (Fsp3) is 0.548. The Morgan fingerprint density at radius 1 is 1.30 bits per heavy atom. The Morgan fingerprint density at radius 2 is 2.05 bits per heavy atom. The van der Waals surface area contributed by atoms with Crippen molar-refractivity contribution in [3.63, 3.8) is 0 Å². The van der Waals surface area contributed by atoms with E-state index in [0.717, 1.165) is 6.07 Å². The van der Waals surface area contributed by atoms with Gasteiger partial charge in [-0.2, -0.15) is 5.26 Å². The van der Waals surface area contributed by atoms with Crippen molar-refractivity contribution >= 4 is 29.1 Å². The van der Waals surface area contributed by atoms with Gasteiger partial charge in [-0.05, 0) is 61.4 Å². The second-order valence-electron chi connectivity index (χ2n) is 12.6. The lowest BCUT2D eigenvalue weighted by Gasteiger charge is -2.34. The zero-order valence-electron chi connectivity index (χ0n) is 25.1. The number of likely N-dealkylation sites (tertiary alicyclic amines) is 1. The van der Waals surface area contributed by atoms with Crippen LogP contribution in [0.1, 0.15) is 57.6 Å². The van der Waals surface area contributed by atoms with E-state index < -0.39 is 46.1 Å². The summed E-state index contributed by atoms with van der Waals surface area (Å²) in [5, 5.41) is 17.4. The molecule has 2 heterocycles. The molecule has 0 bridgehead atoms. The molecule has 4 atom stereocenters. The van der Waals surface area contributed by atoms with Gasteiger partial charge >= 0.3 is 0 Å². The Labute approximate surface area is 266 Å². The van der Waals surface area contributed by atoms with Gasteiger partial charge in [0.2, 0.25) is 5.91 Å². The van der Waals surface area contributed by atoms with Crippen LogP contribution in [-0.4, -0.2) is 61.5 Å². The Hall–Kier alpha value is -2.97. The van der Waals surface area contributed by atoms with Crippen LogP contribution in [0.2, 0.25) is 10.0 Å². The number of halogens is 4. The number of amides is 1. The summed E-state index contributed by atoms with van der Waals surface area (Å²) in [4.78, 5) is 18.8. The summed E-state index contributed by atoms with van der Waals surface area (Å²) in [5.74, 6) is -3.85. The Balaban J connectivity index is 1.80. The van der Waals surface area contributed by atoms with Crippen LogP contribution in [0.4, 0.5) is 8.78 Å². The number of nitriles is 1. The number of azide groups is 1. The lowest BCUT2D eigenvalue weighted by Crippen LogP contribution is -2.49. The number of rotatable bonds is 11. The van der Waals surface area contributed by atoms with E-state index in [9.17, 15) is 10.1 Å². The maximum Gasteiger partial charge on any atom is 0.238 e. The van der Waals surface area contributed by atoms with Crippen LogP contribution in [-0.2, 0) is 19.7 Å². The maximum absolute atomic E-state index is 15.9. The number of nitrogens with zero attached hydrogens (tertiary/aromatic N) is 5. The lowest BCUT2D eigenvalue weighted by atomic mass is 9.68. The van der Waals surface area contributed by atoms with Gasteiger partial charge in [-0.25, -0.2) is 8.78 Å². The van der Waals surface area contributed by atoms with E-state index >= 15 is 8.78 Å². The van der Waals surface area contributed by atoms with Crippen molar-refractivity contribution in [3.05, 3.63) is 79.6 Å². The van der Waals surface area contributed by atoms with Crippen LogP contribution in [0.5, 0.6) is 0 Å². The van der Waals surface area contributed by atoms with E-state index in [0.29, 0.717) is 19.4 Å². The fourth-order valence-corrected chi connectivity index (χ4v) is 6.67. The first-order chi connectivity index (χ1) is 20.7. The number of benzene rings is 2. The largest absolute Gasteiger partial charge is 0.355 e. The third-order valence-corrected chi connectivity index (χ3v) is 8.83. The third-order valence-electron chi connectivity index (χ3n) is 8.30. The average Bonchev–Trinajstić information content (AvgIpc) is 3.46. The molecule has 1 amide bonds. The lowest BCUT2D eigenvalue weighted by molar-refractivity contribution is -0.139. The number of hydrogen-bond acceptors (Lipinski definition) is 6. The molecule has 0 aliphatic carbocycles. The van der Waals surface area contributed by atoms with Crippen molar-refractivity contribution in [2.75, 3.05) is 32.8 Å². The zero-order chi connectivity index (χ0) is 32.3. The quantitative estimate of drug-likeness (QED) is 0.161. The predicted octanol–water partition coefficient (Wildman–Crippen LogP) is 6.89. The van der Waals surface area contributed by atoms with Gasteiger partial charge in [-0.3, -0.25) is 9.69 Å². The normalized spacial score (nSPS) is 24.9. The van der Waals surface area contributed by atoms with E-state index in [4.69, 9.17) is 38.2 Å². The second-order valence-corrected chi connectivity index (χ2v) is 13.4. The Bertz CT molecular complexity index is 1480. The topological polar surface area (TPSA) is 123 Å². The molecule has 4 rings (SSSR count). The van der Waals surface area contributed by atoms with Gasteiger partial charge in [-0.15, -0.1) is 0 Å². The van der Waals surface area contributed by atoms with E-state index in [1.807, 2.05) is 27.7 Å². The first-order valence-electron chi connectivity index (χ1n) is 14.4. The number of nitrogens with one attached hydrogen (secondary N) is 1. The summed E-state index contributed by atoms with van der Waals surface area (Å²) in [6.07, 6.45) is 0.708. The summed E-state index contributed by atoms with van der Waals surface area (Å²) < 4.78 is 43.0. The number of carbonyl (C=O) groups excluding carboxylic acids is 1. The molecular formula is C31H36Cl2F2N6O3. The standard InChI is InChI=1S/C31H36Cl2F2N6O3/c1-29(2,11-13-39-40-37)17-41-18-31(16-36,22-9-8-19(32)14-24(22)34)25(21-6-5-7-23(33)26(21)35)27(41)28(42)38-12-10-20-15-43-30(3,4)44-20/h5-9,14,20,25,27H,10-13,15,17-18H2,1-4H3,(H,38,42)/t20-,25?,27?,31?/m0/s1. The van der Waals surface area contributed by atoms with E-state index in [-0.39, 0.29) is 53.5 Å². The van der Waals surface area contributed by atoms with Crippen molar-refractivity contribution < 1.29 is 23.0 Å². The van der Waals surface area contributed by atoms with Gasteiger partial charge in [0, 0.05) is 47.6 Å². The summed E-state index contributed by atoms with van der Waals surface area (Å²) in [6.45, 7) is 8.51. The molecule has 0 saturated carbocycles. The molecule has 9 nitrogen and oxygen atoms in total. The van der Waals surface area contributed by atoms with Crippen molar-refractivity contribution in [1.29, 1.82) is 5.26 Å². The number of hydrogen-bond donors (Lipinski definition) is 1. The van der Waals surface area contributed by atoms with Crippen LogP contribution in [0.3, 0.4) is 0 Å². The van der Waals surface area contributed by atoms with Gasteiger partial charge in [0.05, 0.1) is 29.8 Å². The molecule has 2 saturated heterocycles. The predicted molar refractivity (Wildman–Crippen MR) is 163 cm³/mol. The fourth-order valence-electron chi connectivity index (χ4n) is 6.33. The summed E-state index contributed by atoms with van der Waals surface area (Å²) in [5.41, 5.74) is 6.60. The maximum atomic E-state index is 15.9. The summed E-state index contributed by atoms with van der Waals surface area (Å²) in [7, 11) is 0. The molecule has 0 aromatic heterocycles. The molecule has 0 radical (unpaired) electrons. The molecule has 1 N–H and O–H groups in total. The van der Waals surface area contributed by atoms with E-state index in [1.165, 1.54) is 24.3 Å². The minimum absolute atomic E-state index is 0.000280. The SMILES string of the molecule is CC(C)(CCN=[N+]=[N-])CN1CC(C#N)(c2ccc(Cl)cc2F)C(c2cccc(Cl)c2F)C1C(=O)NCC[C@H]1COC(C)(C)O1. The van der Waals surface area contributed by atoms with E-state index in [2.05, 4.69) is 21.4 Å². The Morgan fingerprint density at radius 3 is 2.68 bits per heavy atom. The van der Waals surface area contributed by atoms with Crippen molar-refractivity contribution in [3.8, 4) is 6.07 Å². The highest BCUT2D eigenvalue weighted by molar-refractivity contribution is 6.31. The molecule has 2 aromatic carbocycles. The first kappa shape index (κ1) is 33.9. The molecule has 2 aliphatic rings. The molecule has 44 heavy (non-hydrogen) atoms. The van der Waals surface area contributed by atoms with Crippen molar-refractivity contribution in [2.45, 2.75) is 69.8 Å². The average molecular weight is 650 g/mol. The van der Waals surface area contributed by atoms with Gasteiger partial charge < -0.3 is 14.8 Å². The first-order valence-corrected chi connectivity index (χ1v) is 15.1. The number of ether oxygens (including phenoxy) is 2.